The molecular formula is C18H26N4O. The van der Waals surface area contributed by atoms with Crippen molar-refractivity contribution in [3.63, 3.8) is 0 Å². The summed E-state index contributed by atoms with van der Waals surface area (Å²) in [6.45, 7) is 5.21. The molecule has 0 spiro atoms. The molecular weight excluding hydrogens is 288 g/mol. The zero-order valence-corrected chi connectivity index (χ0v) is 13.9. The van der Waals surface area contributed by atoms with Gasteiger partial charge in [0.1, 0.15) is 6.54 Å². The summed E-state index contributed by atoms with van der Waals surface area (Å²) in [5.74, 6) is 1.01. The lowest BCUT2D eigenvalue weighted by Gasteiger charge is -2.27. The van der Waals surface area contributed by atoms with E-state index in [0.717, 1.165) is 62.3 Å². The van der Waals surface area contributed by atoms with E-state index >= 15 is 0 Å². The highest BCUT2D eigenvalue weighted by Gasteiger charge is 2.19. The first kappa shape index (κ1) is 15.8. The Bertz CT molecular complexity index is 658. The Labute approximate surface area is 137 Å². The number of piperidine rings is 1. The van der Waals surface area contributed by atoms with E-state index < -0.39 is 0 Å². The fourth-order valence-electron chi connectivity index (χ4n) is 3.13. The van der Waals surface area contributed by atoms with Crippen LogP contribution in [0.3, 0.4) is 0 Å². The molecule has 0 saturated carbocycles. The van der Waals surface area contributed by atoms with Gasteiger partial charge < -0.3 is 14.8 Å². The SMILES string of the molecule is CCCCNc1nc2ccccc2n1CC(=O)N1CCCCC1. The number of para-hydroxylation sites is 2. The Balaban J connectivity index is 1.81. The number of likely N-dealkylation sites (tertiary alicyclic amines) is 1. The fourth-order valence-corrected chi connectivity index (χ4v) is 3.13. The maximum absolute atomic E-state index is 12.6. The summed E-state index contributed by atoms with van der Waals surface area (Å²) in [5, 5.41) is 3.39. The summed E-state index contributed by atoms with van der Waals surface area (Å²) >= 11 is 0. The van der Waals surface area contributed by atoms with Gasteiger partial charge in [-0.05, 0) is 37.8 Å². The lowest BCUT2D eigenvalue weighted by Crippen LogP contribution is -2.37. The molecule has 1 aromatic heterocycles. The molecule has 23 heavy (non-hydrogen) atoms. The van der Waals surface area contributed by atoms with Crippen molar-refractivity contribution in [2.75, 3.05) is 25.0 Å². The Morgan fingerprint density at radius 2 is 2.00 bits per heavy atom. The van der Waals surface area contributed by atoms with E-state index in [1.807, 2.05) is 33.7 Å². The normalized spacial score (nSPS) is 15.1. The van der Waals surface area contributed by atoms with Gasteiger partial charge in [0.25, 0.3) is 0 Å². The number of imidazole rings is 1. The molecule has 1 fully saturated rings. The van der Waals surface area contributed by atoms with Gasteiger partial charge in [0.05, 0.1) is 11.0 Å². The Kier molecular flexibility index (Phi) is 5.16. The monoisotopic (exact) mass is 314 g/mol. The van der Waals surface area contributed by atoms with Crippen LogP contribution in [0.5, 0.6) is 0 Å². The van der Waals surface area contributed by atoms with E-state index in [9.17, 15) is 4.79 Å². The zero-order chi connectivity index (χ0) is 16.1. The van der Waals surface area contributed by atoms with E-state index in [4.69, 9.17) is 0 Å². The molecule has 2 heterocycles. The number of carbonyl (C=O) groups is 1. The van der Waals surface area contributed by atoms with Gasteiger partial charge >= 0.3 is 0 Å². The molecule has 124 valence electrons. The summed E-state index contributed by atoms with van der Waals surface area (Å²) in [6.07, 6.45) is 5.72. The summed E-state index contributed by atoms with van der Waals surface area (Å²) in [7, 11) is 0. The van der Waals surface area contributed by atoms with Crippen molar-refractivity contribution in [2.45, 2.75) is 45.6 Å². The van der Waals surface area contributed by atoms with Gasteiger partial charge in [0.2, 0.25) is 11.9 Å². The Morgan fingerprint density at radius 1 is 1.22 bits per heavy atom. The second-order valence-electron chi connectivity index (χ2n) is 6.23. The highest BCUT2D eigenvalue weighted by atomic mass is 16.2. The van der Waals surface area contributed by atoms with Crippen molar-refractivity contribution in [1.29, 1.82) is 0 Å². The predicted molar refractivity (Wildman–Crippen MR) is 93.6 cm³/mol. The van der Waals surface area contributed by atoms with Crippen molar-refractivity contribution in [2.24, 2.45) is 0 Å². The average molecular weight is 314 g/mol. The molecule has 1 amide bonds. The number of nitrogens with one attached hydrogen (secondary N) is 1. The number of anilines is 1. The number of amides is 1. The molecule has 0 unspecified atom stereocenters. The van der Waals surface area contributed by atoms with Gasteiger partial charge in [-0.2, -0.15) is 0 Å². The summed E-state index contributed by atoms with van der Waals surface area (Å²) in [4.78, 5) is 19.3. The van der Waals surface area contributed by atoms with Crippen molar-refractivity contribution in [1.82, 2.24) is 14.5 Å². The second kappa shape index (κ2) is 7.49. The largest absolute Gasteiger partial charge is 0.356 e. The molecule has 1 aliphatic rings. The minimum Gasteiger partial charge on any atom is -0.356 e. The Hall–Kier alpha value is -2.04. The highest BCUT2D eigenvalue weighted by molar-refractivity contribution is 5.83. The number of benzene rings is 1. The van der Waals surface area contributed by atoms with E-state index in [-0.39, 0.29) is 5.91 Å². The molecule has 1 saturated heterocycles. The zero-order valence-electron chi connectivity index (χ0n) is 13.9. The van der Waals surface area contributed by atoms with Crippen LogP contribution < -0.4 is 5.32 Å². The highest BCUT2D eigenvalue weighted by Crippen LogP contribution is 2.20. The van der Waals surface area contributed by atoms with E-state index in [0.29, 0.717) is 6.54 Å². The smallest absolute Gasteiger partial charge is 0.242 e. The number of rotatable bonds is 6. The first-order valence-corrected chi connectivity index (χ1v) is 8.76. The predicted octanol–water partition coefficient (Wildman–Crippen LogP) is 3.26. The summed E-state index contributed by atoms with van der Waals surface area (Å²) in [5.41, 5.74) is 1.97. The van der Waals surface area contributed by atoms with Crippen LogP contribution in [-0.2, 0) is 11.3 Å². The molecule has 5 nitrogen and oxygen atoms in total. The van der Waals surface area contributed by atoms with Gasteiger partial charge in [-0.1, -0.05) is 25.5 Å². The molecule has 0 radical (unpaired) electrons. The van der Waals surface area contributed by atoms with E-state index in [2.05, 4.69) is 17.2 Å². The first-order valence-electron chi connectivity index (χ1n) is 8.76. The lowest BCUT2D eigenvalue weighted by atomic mass is 10.1. The molecule has 1 aliphatic heterocycles. The number of aromatic nitrogens is 2. The number of unbranched alkanes of at least 4 members (excludes halogenated alkanes) is 1. The van der Waals surface area contributed by atoms with Crippen LogP contribution in [0.2, 0.25) is 0 Å². The van der Waals surface area contributed by atoms with Crippen molar-refractivity contribution in [3.8, 4) is 0 Å². The third-order valence-electron chi connectivity index (χ3n) is 4.47. The number of carbonyl (C=O) groups excluding carboxylic acids is 1. The van der Waals surface area contributed by atoms with Crippen LogP contribution in [0.4, 0.5) is 5.95 Å². The minimum absolute atomic E-state index is 0.200. The van der Waals surface area contributed by atoms with Crippen molar-refractivity contribution >= 4 is 22.9 Å². The molecule has 1 N–H and O–H groups in total. The number of fused-ring (bicyclic) bond motifs is 1. The van der Waals surface area contributed by atoms with Crippen molar-refractivity contribution < 1.29 is 4.79 Å². The fraction of sp³-hybridized carbons (Fsp3) is 0.556. The lowest BCUT2D eigenvalue weighted by molar-refractivity contribution is -0.132. The van der Waals surface area contributed by atoms with Gasteiger partial charge in [0, 0.05) is 19.6 Å². The summed E-state index contributed by atoms with van der Waals surface area (Å²) in [6, 6.07) is 8.03. The van der Waals surface area contributed by atoms with Gasteiger partial charge in [0.15, 0.2) is 0 Å². The molecule has 1 aromatic carbocycles. The van der Waals surface area contributed by atoms with Crippen LogP contribution in [0.1, 0.15) is 39.0 Å². The van der Waals surface area contributed by atoms with Crippen LogP contribution >= 0.6 is 0 Å². The maximum Gasteiger partial charge on any atom is 0.242 e. The second-order valence-corrected chi connectivity index (χ2v) is 6.23. The third kappa shape index (κ3) is 3.66. The molecule has 2 aromatic rings. The standard InChI is InChI=1S/C18H26N4O/c1-2-3-11-19-18-20-15-9-5-6-10-16(15)22(18)14-17(23)21-12-7-4-8-13-21/h5-6,9-10H,2-4,7-8,11-14H2,1H3,(H,19,20). The van der Waals surface area contributed by atoms with Gasteiger partial charge in [-0.25, -0.2) is 4.98 Å². The average Bonchev–Trinajstić information content (AvgIpc) is 2.94. The van der Waals surface area contributed by atoms with Crippen LogP contribution in [0.15, 0.2) is 24.3 Å². The maximum atomic E-state index is 12.6. The van der Waals surface area contributed by atoms with Crippen LogP contribution in [0, 0.1) is 0 Å². The minimum atomic E-state index is 0.200. The summed E-state index contributed by atoms with van der Waals surface area (Å²) < 4.78 is 2.03. The number of hydrogen-bond acceptors (Lipinski definition) is 3. The van der Waals surface area contributed by atoms with Gasteiger partial charge in [-0.15, -0.1) is 0 Å². The molecule has 0 aliphatic carbocycles. The van der Waals surface area contributed by atoms with Crippen molar-refractivity contribution in [3.05, 3.63) is 24.3 Å². The van der Waals surface area contributed by atoms with Crippen LogP contribution in [-0.4, -0.2) is 40.0 Å². The number of hydrogen-bond donors (Lipinski definition) is 1. The molecule has 5 heteroatoms. The topological polar surface area (TPSA) is 50.2 Å². The Morgan fingerprint density at radius 3 is 2.78 bits per heavy atom. The van der Waals surface area contributed by atoms with E-state index in [1.165, 1.54) is 6.42 Å². The molecule has 3 rings (SSSR count). The third-order valence-corrected chi connectivity index (χ3v) is 4.47. The quantitative estimate of drug-likeness (QED) is 0.833. The molecule has 0 bridgehead atoms. The number of nitrogens with zero attached hydrogens (tertiary/aromatic N) is 3. The first-order chi connectivity index (χ1) is 11.3. The van der Waals surface area contributed by atoms with Crippen LogP contribution in [0.25, 0.3) is 11.0 Å². The van der Waals surface area contributed by atoms with E-state index in [1.54, 1.807) is 0 Å². The van der Waals surface area contributed by atoms with Gasteiger partial charge in [-0.3, -0.25) is 4.79 Å². The molecule has 0 atom stereocenters.